The molecule has 0 aliphatic carbocycles. The topological polar surface area (TPSA) is 180 Å². The Kier molecular flexibility index (Phi) is 8.42. The van der Waals surface area contributed by atoms with Gasteiger partial charge in [0, 0.05) is 12.8 Å². The molecule has 2 aromatic carbocycles. The molecule has 0 aliphatic rings. The Bertz CT molecular complexity index is 1830. The highest BCUT2D eigenvalue weighted by atomic mass is 16.5. The molecule has 2 N–H and O–H groups in total. The highest BCUT2D eigenvalue weighted by Gasteiger charge is 2.30. The molecule has 14 heteroatoms. The molecular weight excluding hydrogens is 572 g/mol. The second-order valence-electron chi connectivity index (χ2n) is 9.71. The number of nitrogens with one attached hydrogen (secondary N) is 2. The number of imidazole rings is 2. The normalized spacial score (nSPS) is 12.4. The minimum absolute atomic E-state index is 0.100. The maximum absolute atomic E-state index is 13.5. The number of rotatable bonds is 10. The fourth-order valence-electron chi connectivity index (χ4n) is 4.80. The van der Waals surface area contributed by atoms with E-state index in [9.17, 15) is 28.8 Å². The summed E-state index contributed by atoms with van der Waals surface area (Å²) >= 11 is 0. The standard InChI is InChI=1S/C30H26N6O8/c1-43-29(41)19(13-17-9-5-3-6-10-17)33-25(37)21-23-27(39)36-16-32-22(24(36)28(40)35(23)15-31-21)26(38)34-20(30(42)44-2)14-18-11-7-4-8-12-18/h3-12,15-16,19-20H,13-14H2,1-2H3,(H,33,37)(H,34,38)/t19-,20-/m0/s1. The van der Waals surface area contributed by atoms with Crippen LogP contribution in [0.15, 0.2) is 82.9 Å². The van der Waals surface area contributed by atoms with E-state index in [1.807, 2.05) is 0 Å². The van der Waals surface area contributed by atoms with Crippen molar-refractivity contribution in [2.75, 3.05) is 14.2 Å². The van der Waals surface area contributed by atoms with Gasteiger partial charge in [0.1, 0.15) is 35.8 Å². The van der Waals surface area contributed by atoms with Crippen LogP contribution in [0.5, 0.6) is 0 Å². The van der Waals surface area contributed by atoms with Crippen LogP contribution in [0.1, 0.15) is 32.1 Å². The van der Waals surface area contributed by atoms with Gasteiger partial charge in [0.05, 0.1) is 14.2 Å². The molecule has 0 aliphatic heterocycles. The number of ether oxygens (including phenoxy) is 2. The van der Waals surface area contributed by atoms with Crippen LogP contribution in [0.4, 0.5) is 0 Å². The number of nitrogens with zero attached hydrogens (tertiary/aromatic N) is 4. The van der Waals surface area contributed by atoms with E-state index in [0.29, 0.717) is 0 Å². The van der Waals surface area contributed by atoms with Gasteiger partial charge in [-0.15, -0.1) is 0 Å². The Labute approximate surface area is 248 Å². The Morgan fingerprint density at radius 3 is 1.36 bits per heavy atom. The first kappa shape index (κ1) is 29.6. The van der Waals surface area contributed by atoms with Gasteiger partial charge in [-0.05, 0) is 11.1 Å². The van der Waals surface area contributed by atoms with Crippen LogP contribution < -0.4 is 21.8 Å². The summed E-state index contributed by atoms with van der Waals surface area (Å²) in [6.07, 6.45) is 2.14. The summed E-state index contributed by atoms with van der Waals surface area (Å²) in [4.78, 5) is 86.3. The van der Waals surface area contributed by atoms with Crippen molar-refractivity contribution in [2.45, 2.75) is 24.9 Å². The summed E-state index contributed by atoms with van der Waals surface area (Å²) in [5.41, 5.74) is -1.83. The first-order valence-corrected chi connectivity index (χ1v) is 13.3. The molecule has 0 fully saturated rings. The fraction of sp³-hybridized carbons (Fsp3) is 0.200. The average molecular weight is 599 g/mol. The first-order chi connectivity index (χ1) is 21.2. The van der Waals surface area contributed by atoms with Crippen LogP contribution >= 0.6 is 0 Å². The highest BCUT2D eigenvalue weighted by Crippen LogP contribution is 2.12. The molecule has 224 valence electrons. The summed E-state index contributed by atoms with van der Waals surface area (Å²) in [6.45, 7) is 0. The van der Waals surface area contributed by atoms with Crippen molar-refractivity contribution in [1.82, 2.24) is 29.4 Å². The summed E-state index contributed by atoms with van der Waals surface area (Å²) < 4.78 is 11.3. The van der Waals surface area contributed by atoms with Crippen LogP contribution in [-0.2, 0) is 31.9 Å². The monoisotopic (exact) mass is 598 g/mol. The van der Waals surface area contributed by atoms with Crippen molar-refractivity contribution in [3.05, 3.63) is 117 Å². The zero-order valence-corrected chi connectivity index (χ0v) is 23.6. The number of fused-ring (bicyclic) bond motifs is 2. The molecule has 0 unspecified atom stereocenters. The molecule has 2 atom stereocenters. The van der Waals surface area contributed by atoms with Crippen LogP contribution in [0.2, 0.25) is 0 Å². The van der Waals surface area contributed by atoms with Gasteiger partial charge in [-0.25, -0.2) is 19.6 Å². The number of aromatic nitrogens is 4. The summed E-state index contributed by atoms with van der Waals surface area (Å²) in [6, 6.07) is 15.6. The van der Waals surface area contributed by atoms with Crippen LogP contribution in [0.3, 0.4) is 0 Å². The lowest BCUT2D eigenvalue weighted by Crippen LogP contribution is -2.44. The van der Waals surface area contributed by atoms with Crippen molar-refractivity contribution in [3.63, 3.8) is 0 Å². The van der Waals surface area contributed by atoms with E-state index in [4.69, 9.17) is 9.47 Å². The molecule has 0 saturated heterocycles. The van der Waals surface area contributed by atoms with E-state index in [0.717, 1.165) is 32.6 Å². The van der Waals surface area contributed by atoms with Gasteiger partial charge in [0.25, 0.3) is 22.9 Å². The molecule has 0 radical (unpaired) electrons. The number of hydrogen-bond donors (Lipinski definition) is 2. The van der Waals surface area contributed by atoms with Crippen molar-refractivity contribution < 1.29 is 28.7 Å². The lowest BCUT2D eigenvalue weighted by Gasteiger charge is -2.16. The van der Waals surface area contributed by atoms with Crippen LogP contribution in [-0.4, -0.2) is 68.8 Å². The van der Waals surface area contributed by atoms with Gasteiger partial charge in [-0.3, -0.25) is 28.0 Å². The largest absolute Gasteiger partial charge is 0.467 e. The predicted molar refractivity (Wildman–Crippen MR) is 155 cm³/mol. The molecule has 3 heterocycles. The van der Waals surface area contributed by atoms with E-state index in [2.05, 4.69) is 20.6 Å². The van der Waals surface area contributed by atoms with Crippen molar-refractivity contribution in [3.8, 4) is 0 Å². The lowest BCUT2D eigenvalue weighted by molar-refractivity contribution is -0.143. The molecule has 14 nitrogen and oxygen atoms in total. The average Bonchev–Trinajstić information content (AvgIpc) is 3.70. The number of carbonyl (C=O) groups excluding carboxylic acids is 4. The number of hydrogen-bond acceptors (Lipinski definition) is 10. The van der Waals surface area contributed by atoms with Gasteiger partial charge in [-0.1, -0.05) is 60.7 Å². The van der Waals surface area contributed by atoms with Crippen molar-refractivity contribution in [2.24, 2.45) is 0 Å². The van der Waals surface area contributed by atoms with E-state index in [1.54, 1.807) is 60.7 Å². The van der Waals surface area contributed by atoms with Gasteiger partial charge in [0.2, 0.25) is 0 Å². The van der Waals surface area contributed by atoms with Gasteiger partial charge >= 0.3 is 11.9 Å². The lowest BCUT2D eigenvalue weighted by atomic mass is 10.1. The van der Waals surface area contributed by atoms with E-state index in [-0.39, 0.29) is 23.9 Å². The fourth-order valence-corrected chi connectivity index (χ4v) is 4.80. The summed E-state index contributed by atoms with van der Waals surface area (Å²) in [5, 5.41) is 5.05. The highest BCUT2D eigenvalue weighted by molar-refractivity contribution is 6.02. The molecule has 0 saturated carbocycles. The third kappa shape index (κ3) is 5.72. The second kappa shape index (κ2) is 12.5. The van der Waals surface area contributed by atoms with Gasteiger partial charge in [0.15, 0.2) is 11.4 Å². The van der Waals surface area contributed by atoms with Gasteiger partial charge < -0.3 is 20.1 Å². The predicted octanol–water partition coefficient (Wildman–Crippen LogP) is 0.168. The van der Waals surface area contributed by atoms with Crippen molar-refractivity contribution in [1.29, 1.82) is 0 Å². The Morgan fingerprint density at radius 2 is 1.02 bits per heavy atom. The third-order valence-corrected chi connectivity index (χ3v) is 6.96. The Balaban J connectivity index is 1.47. The maximum atomic E-state index is 13.5. The number of esters is 2. The molecule has 3 aromatic heterocycles. The maximum Gasteiger partial charge on any atom is 0.328 e. The number of carbonyl (C=O) groups is 4. The summed E-state index contributed by atoms with van der Waals surface area (Å²) in [7, 11) is 2.35. The van der Waals surface area contributed by atoms with Crippen LogP contribution in [0.25, 0.3) is 11.0 Å². The minimum atomic E-state index is -1.11. The smallest absolute Gasteiger partial charge is 0.328 e. The Morgan fingerprint density at radius 1 is 0.659 bits per heavy atom. The molecule has 0 spiro atoms. The van der Waals surface area contributed by atoms with E-state index in [1.165, 1.54) is 14.2 Å². The third-order valence-electron chi connectivity index (χ3n) is 6.96. The SMILES string of the molecule is COC(=O)[C@H](Cc1ccccc1)NC(=O)c1ncn2c(=O)c3c(C(=O)N[C@@H](Cc4ccccc4)C(=O)OC)ncn3c(=O)c12. The molecule has 0 bridgehead atoms. The van der Waals surface area contributed by atoms with E-state index < -0.39 is 58.3 Å². The molecule has 2 amide bonds. The number of amides is 2. The zero-order chi connectivity index (χ0) is 31.4. The van der Waals surface area contributed by atoms with Gasteiger partial charge in [-0.2, -0.15) is 0 Å². The Hall–Kier alpha value is -5.92. The summed E-state index contributed by atoms with van der Waals surface area (Å²) in [5.74, 6) is -3.23. The molecule has 44 heavy (non-hydrogen) atoms. The molecular formula is C30H26N6O8. The molecule has 5 aromatic rings. The first-order valence-electron chi connectivity index (χ1n) is 13.3. The number of methoxy groups -OCH3 is 2. The molecule has 5 rings (SSSR count). The zero-order valence-electron chi connectivity index (χ0n) is 23.6. The minimum Gasteiger partial charge on any atom is -0.467 e. The quantitative estimate of drug-likeness (QED) is 0.211. The van der Waals surface area contributed by atoms with E-state index >= 15 is 0 Å². The van der Waals surface area contributed by atoms with Crippen LogP contribution in [0, 0.1) is 0 Å². The second-order valence-corrected chi connectivity index (χ2v) is 9.71. The number of benzene rings is 2. The van der Waals surface area contributed by atoms with Crippen molar-refractivity contribution >= 4 is 34.8 Å².